The summed E-state index contributed by atoms with van der Waals surface area (Å²) in [4.78, 5) is 19.2. The molecule has 5 rings (SSSR count). The van der Waals surface area contributed by atoms with Gasteiger partial charge < -0.3 is 19.5 Å². The first-order valence-corrected chi connectivity index (χ1v) is 11.0. The summed E-state index contributed by atoms with van der Waals surface area (Å²) in [6.45, 7) is 0. The number of para-hydroxylation sites is 2. The third kappa shape index (κ3) is 3.76. The van der Waals surface area contributed by atoms with Crippen LogP contribution in [0.25, 0.3) is 5.69 Å². The van der Waals surface area contributed by atoms with Gasteiger partial charge >= 0.3 is 5.97 Å². The van der Waals surface area contributed by atoms with Crippen LogP contribution < -0.4 is 10.2 Å². The van der Waals surface area contributed by atoms with Crippen LogP contribution in [-0.4, -0.2) is 27.7 Å². The maximum Gasteiger partial charge on any atom is 0.339 e. The van der Waals surface area contributed by atoms with Crippen LogP contribution in [0.2, 0.25) is 0 Å². The van der Waals surface area contributed by atoms with Crippen molar-refractivity contribution in [1.82, 2.24) is 14.9 Å². The monoisotopic (exact) mass is 454 g/mol. The lowest BCUT2D eigenvalue weighted by Gasteiger charge is -2.29. The third-order valence-electron chi connectivity index (χ3n) is 5.78. The first-order chi connectivity index (χ1) is 16.2. The van der Waals surface area contributed by atoms with E-state index in [4.69, 9.17) is 17.0 Å². The fraction of sp³-hybridized carbons (Fsp3) is 0.115. The first kappa shape index (κ1) is 20.9. The van der Waals surface area contributed by atoms with E-state index in [0.717, 1.165) is 22.8 Å². The van der Waals surface area contributed by atoms with Crippen LogP contribution in [0.4, 0.5) is 5.69 Å². The minimum Gasteiger partial charge on any atom is -0.465 e. The molecule has 0 radical (unpaired) electrons. The average molecular weight is 455 g/mol. The molecule has 1 aliphatic heterocycles. The van der Waals surface area contributed by atoms with Crippen LogP contribution in [0.3, 0.4) is 0 Å². The molecule has 2 atom stereocenters. The molecule has 2 aromatic heterocycles. The molecule has 0 bridgehead atoms. The second-order valence-electron chi connectivity index (χ2n) is 7.64. The number of rotatable bonds is 5. The molecule has 1 fully saturated rings. The number of anilines is 1. The summed E-state index contributed by atoms with van der Waals surface area (Å²) in [5.74, 6) is -0.383. The molecular formula is C26H22N4O2S. The maximum atomic E-state index is 12.5. The van der Waals surface area contributed by atoms with Crippen molar-refractivity contribution in [1.29, 1.82) is 0 Å². The minimum absolute atomic E-state index is 0.183. The number of carbonyl (C=O) groups is 1. The Kier molecular flexibility index (Phi) is 5.62. The Hall–Kier alpha value is -3.97. The van der Waals surface area contributed by atoms with E-state index in [-0.39, 0.29) is 18.1 Å². The number of nitrogens with one attached hydrogen (secondary N) is 1. The Morgan fingerprint density at radius 1 is 0.970 bits per heavy atom. The molecule has 33 heavy (non-hydrogen) atoms. The molecule has 3 heterocycles. The van der Waals surface area contributed by atoms with E-state index >= 15 is 0 Å². The quantitative estimate of drug-likeness (QED) is 0.344. The van der Waals surface area contributed by atoms with Crippen LogP contribution in [0, 0.1) is 0 Å². The fourth-order valence-electron chi connectivity index (χ4n) is 4.34. The average Bonchev–Trinajstić information content (AvgIpc) is 3.48. The van der Waals surface area contributed by atoms with Gasteiger partial charge in [0.05, 0.1) is 30.1 Å². The first-order valence-electron chi connectivity index (χ1n) is 10.6. The number of ether oxygens (including phenoxy) is 1. The van der Waals surface area contributed by atoms with Crippen LogP contribution in [0.5, 0.6) is 0 Å². The molecule has 4 aromatic rings. The zero-order chi connectivity index (χ0) is 22.8. The Morgan fingerprint density at radius 2 is 1.73 bits per heavy atom. The number of carbonyl (C=O) groups excluding carboxylic acids is 1. The summed E-state index contributed by atoms with van der Waals surface area (Å²) in [6.07, 6.45) is 3.74. The van der Waals surface area contributed by atoms with Gasteiger partial charge in [-0.15, -0.1) is 0 Å². The Bertz CT molecular complexity index is 1290. The van der Waals surface area contributed by atoms with Gasteiger partial charge in [-0.3, -0.25) is 4.98 Å². The summed E-state index contributed by atoms with van der Waals surface area (Å²) < 4.78 is 7.06. The zero-order valence-electron chi connectivity index (χ0n) is 18.0. The van der Waals surface area contributed by atoms with Gasteiger partial charge in [0.25, 0.3) is 0 Å². The molecule has 1 aliphatic rings. The minimum atomic E-state index is -0.383. The maximum absolute atomic E-state index is 12.5. The number of esters is 1. The molecule has 6 nitrogen and oxygen atoms in total. The highest BCUT2D eigenvalue weighted by atomic mass is 32.1. The van der Waals surface area contributed by atoms with Gasteiger partial charge in [-0.25, -0.2) is 4.79 Å². The number of thiocarbonyl (C=S) groups is 1. The van der Waals surface area contributed by atoms with Gasteiger partial charge in [0.2, 0.25) is 0 Å². The van der Waals surface area contributed by atoms with Crippen LogP contribution in [0.1, 0.15) is 33.8 Å². The molecule has 2 aromatic carbocycles. The molecule has 0 spiro atoms. The fourth-order valence-corrected chi connectivity index (χ4v) is 4.69. The molecule has 7 heteroatoms. The van der Waals surface area contributed by atoms with E-state index in [0.29, 0.717) is 10.7 Å². The largest absolute Gasteiger partial charge is 0.465 e. The van der Waals surface area contributed by atoms with Crippen LogP contribution in [0.15, 0.2) is 97.3 Å². The predicted octanol–water partition coefficient (Wildman–Crippen LogP) is 4.84. The summed E-state index contributed by atoms with van der Waals surface area (Å²) in [6, 6.07) is 27.0. The van der Waals surface area contributed by atoms with Crippen molar-refractivity contribution in [2.24, 2.45) is 0 Å². The van der Waals surface area contributed by atoms with Crippen molar-refractivity contribution >= 4 is 29.0 Å². The van der Waals surface area contributed by atoms with E-state index in [2.05, 4.69) is 21.3 Å². The number of pyridine rings is 1. The topological polar surface area (TPSA) is 59.4 Å². The molecule has 164 valence electrons. The molecule has 1 N–H and O–H groups in total. The number of benzene rings is 2. The number of methoxy groups -OCH3 is 1. The molecule has 0 saturated carbocycles. The van der Waals surface area contributed by atoms with Crippen molar-refractivity contribution in [2.75, 3.05) is 12.0 Å². The normalized spacial score (nSPS) is 17.6. The van der Waals surface area contributed by atoms with Crippen molar-refractivity contribution < 1.29 is 9.53 Å². The summed E-state index contributed by atoms with van der Waals surface area (Å²) in [5.41, 5.74) is 4.07. The summed E-state index contributed by atoms with van der Waals surface area (Å²) >= 11 is 5.80. The lowest BCUT2D eigenvalue weighted by atomic mass is 10.0. The third-order valence-corrected chi connectivity index (χ3v) is 6.10. The smallest absolute Gasteiger partial charge is 0.339 e. The molecule has 0 unspecified atom stereocenters. The highest BCUT2D eigenvalue weighted by Gasteiger charge is 2.42. The lowest BCUT2D eigenvalue weighted by Crippen LogP contribution is -2.30. The van der Waals surface area contributed by atoms with Crippen molar-refractivity contribution in [3.63, 3.8) is 0 Å². The second-order valence-corrected chi connectivity index (χ2v) is 8.03. The number of hydrogen-bond donors (Lipinski definition) is 1. The van der Waals surface area contributed by atoms with Crippen molar-refractivity contribution in [3.8, 4) is 5.69 Å². The van der Waals surface area contributed by atoms with Gasteiger partial charge in [0, 0.05) is 23.8 Å². The Morgan fingerprint density at radius 3 is 2.48 bits per heavy atom. The number of hydrogen-bond acceptors (Lipinski definition) is 4. The number of aromatic nitrogens is 2. The Labute approximate surface area is 197 Å². The molecule has 1 saturated heterocycles. The second kappa shape index (κ2) is 8.88. The van der Waals surface area contributed by atoms with Gasteiger partial charge in [-0.05, 0) is 60.7 Å². The molecular weight excluding hydrogens is 432 g/mol. The lowest BCUT2D eigenvalue weighted by molar-refractivity contribution is 0.0600. The highest BCUT2D eigenvalue weighted by molar-refractivity contribution is 7.80. The van der Waals surface area contributed by atoms with Crippen LogP contribution >= 0.6 is 12.2 Å². The van der Waals surface area contributed by atoms with Crippen LogP contribution in [-0.2, 0) is 4.74 Å². The van der Waals surface area contributed by atoms with E-state index in [1.54, 1.807) is 12.3 Å². The van der Waals surface area contributed by atoms with E-state index in [9.17, 15) is 4.79 Å². The van der Waals surface area contributed by atoms with Crippen molar-refractivity contribution in [3.05, 3.63) is 114 Å². The highest BCUT2D eigenvalue weighted by Crippen LogP contribution is 2.42. The van der Waals surface area contributed by atoms with E-state index in [1.807, 2.05) is 83.6 Å². The van der Waals surface area contributed by atoms with Gasteiger partial charge in [0.15, 0.2) is 5.11 Å². The molecule has 0 aliphatic carbocycles. The number of nitrogens with zero attached hydrogens (tertiary/aromatic N) is 3. The van der Waals surface area contributed by atoms with Gasteiger partial charge in [-0.1, -0.05) is 36.4 Å². The Balaban J connectivity index is 1.69. The van der Waals surface area contributed by atoms with Gasteiger partial charge in [0.1, 0.15) is 6.04 Å². The molecule has 0 amide bonds. The van der Waals surface area contributed by atoms with Gasteiger partial charge in [-0.2, -0.15) is 0 Å². The summed E-state index contributed by atoms with van der Waals surface area (Å²) in [5, 5.41) is 4.10. The summed E-state index contributed by atoms with van der Waals surface area (Å²) in [7, 11) is 1.39. The van der Waals surface area contributed by atoms with E-state index < -0.39 is 0 Å². The predicted molar refractivity (Wildman–Crippen MR) is 131 cm³/mol. The standard InChI is InChI=1S/C26H22N4O2S/c1-32-25(31)19-12-5-6-14-21(19)29-17-9-15-22(29)24-23(20-13-7-8-16-27-20)28-26(33)30(24)18-10-3-2-4-11-18/h2-17,23-24H,1H3,(H,28,33)/t23-,24-/m1/s1. The van der Waals surface area contributed by atoms with Crippen molar-refractivity contribution in [2.45, 2.75) is 12.1 Å². The van der Waals surface area contributed by atoms with E-state index in [1.165, 1.54) is 7.11 Å². The zero-order valence-corrected chi connectivity index (χ0v) is 18.8. The SMILES string of the molecule is COC(=O)c1ccccc1-n1cccc1[C@@H]1[C@@H](c2ccccn2)NC(=S)N1c1ccccc1.